The van der Waals surface area contributed by atoms with Gasteiger partial charge < -0.3 is 5.32 Å². The second-order valence-electron chi connectivity index (χ2n) is 5.69. The van der Waals surface area contributed by atoms with Gasteiger partial charge in [0.15, 0.2) is 0 Å². The molecule has 1 heterocycles. The van der Waals surface area contributed by atoms with Crippen molar-refractivity contribution in [2.24, 2.45) is 5.14 Å². The van der Waals surface area contributed by atoms with Crippen LogP contribution in [-0.2, 0) is 10.0 Å². The van der Waals surface area contributed by atoms with Crippen molar-refractivity contribution in [1.29, 1.82) is 0 Å². The third-order valence-electron chi connectivity index (χ3n) is 3.90. The summed E-state index contributed by atoms with van der Waals surface area (Å²) < 4.78 is 23.1. The monoisotopic (exact) mass is 297 g/mol. The van der Waals surface area contributed by atoms with E-state index in [1.54, 1.807) is 19.1 Å². The highest BCUT2D eigenvalue weighted by Gasteiger charge is 2.24. The van der Waals surface area contributed by atoms with Gasteiger partial charge >= 0.3 is 0 Å². The fourth-order valence-corrected chi connectivity index (χ4v) is 3.48. The largest absolute Gasteiger partial charge is 0.381 e. The summed E-state index contributed by atoms with van der Waals surface area (Å²) in [5, 5.41) is 8.68. The summed E-state index contributed by atoms with van der Waals surface area (Å²) in [6.45, 7) is 8.22. The third kappa shape index (κ3) is 3.31. The zero-order valence-electron chi connectivity index (χ0n) is 12.3. The maximum absolute atomic E-state index is 11.5. The van der Waals surface area contributed by atoms with Gasteiger partial charge in [0.2, 0.25) is 10.0 Å². The summed E-state index contributed by atoms with van der Waals surface area (Å²) in [5.41, 5.74) is 1.55. The quantitative estimate of drug-likeness (QED) is 0.884. The molecule has 1 saturated heterocycles. The van der Waals surface area contributed by atoms with Crippen LogP contribution in [0.4, 0.5) is 5.69 Å². The molecule has 0 amide bonds. The number of hydrogen-bond acceptors (Lipinski definition) is 4. The standard InChI is InChI=1S/C14H23N3O2S/c1-10(2)17-8-7-12(9-17)16-13-5-4-6-14(11(13)3)20(15,18)19/h4-6,10,12,16H,7-9H2,1-3H3,(H2,15,18,19). The lowest BCUT2D eigenvalue weighted by Gasteiger charge is -2.21. The van der Waals surface area contributed by atoms with Gasteiger partial charge in [0.1, 0.15) is 0 Å². The van der Waals surface area contributed by atoms with Crippen LogP contribution in [0.25, 0.3) is 0 Å². The molecule has 0 bridgehead atoms. The molecule has 1 aromatic rings. The molecule has 0 aliphatic carbocycles. The van der Waals surface area contributed by atoms with E-state index in [2.05, 4.69) is 24.1 Å². The number of nitrogens with two attached hydrogens (primary N) is 1. The number of benzene rings is 1. The van der Waals surface area contributed by atoms with Gasteiger partial charge in [-0.1, -0.05) is 6.07 Å². The Hall–Kier alpha value is -1.11. The van der Waals surface area contributed by atoms with E-state index in [0.29, 0.717) is 17.6 Å². The highest BCUT2D eigenvalue weighted by atomic mass is 32.2. The molecule has 0 spiro atoms. The summed E-state index contributed by atoms with van der Waals surface area (Å²) in [5.74, 6) is 0. The zero-order chi connectivity index (χ0) is 14.9. The average Bonchev–Trinajstić information content (AvgIpc) is 2.79. The van der Waals surface area contributed by atoms with Crippen LogP contribution in [0, 0.1) is 6.92 Å². The van der Waals surface area contributed by atoms with Crippen molar-refractivity contribution in [3.05, 3.63) is 23.8 Å². The van der Waals surface area contributed by atoms with Crippen molar-refractivity contribution in [2.45, 2.75) is 44.2 Å². The van der Waals surface area contributed by atoms with E-state index in [9.17, 15) is 8.42 Å². The molecule has 0 aromatic heterocycles. The lowest BCUT2D eigenvalue weighted by molar-refractivity contribution is 0.274. The fraction of sp³-hybridized carbons (Fsp3) is 0.571. The van der Waals surface area contributed by atoms with Crippen LogP contribution in [-0.4, -0.2) is 38.5 Å². The van der Waals surface area contributed by atoms with Crippen LogP contribution in [0.1, 0.15) is 25.8 Å². The van der Waals surface area contributed by atoms with Crippen molar-refractivity contribution >= 4 is 15.7 Å². The molecule has 20 heavy (non-hydrogen) atoms. The number of sulfonamides is 1. The first-order valence-corrected chi connectivity index (χ1v) is 8.46. The summed E-state index contributed by atoms with van der Waals surface area (Å²) in [4.78, 5) is 2.61. The van der Waals surface area contributed by atoms with E-state index in [4.69, 9.17) is 5.14 Å². The van der Waals surface area contributed by atoms with Gasteiger partial charge in [-0.2, -0.15) is 0 Å². The van der Waals surface area contributed by atoms with Crippen molar-refractivity contribution in [3.63, 3.8) is 0 Å². The number of anilines is 1. The Morgan fingerprint density at radius 2 is 2.10 bits per heavy atom. The molecule has 5 nitrogen and oxygen atoms in total. The predicted molar refractivity (Wildman–Crippen MR) is 81.3 cm³/mol. The average molecular weight is 297 g/mol. The van der Waals surface area contributed by atoms with Crippen LogP contribution in [0.5, 0.6) is 0 Å². The van der Waals surface area contributed by atoms with Crippen molar-refractivity contribution < 1.29 is 8.42 Å². The van der Waals surface area contributed by atoms with E-state index < -0.39 is 10.0 Å². The number of rotatable bonds is 4. The molecule has 1 aromatic carbocycles. The number of nitrogens with zero attached hydrogens (tertiary/aromatic N) is 1. The van der Waals surface area contributed by atoms with Crippen LogP contribution in [0.2, 0.25) is 0 Å². The van der Waals surface area contributed by atoms with E-state index in [1.165, 1.54) is 0 Å². The first-order chi connectivity index (χ1) is 9.29. The van der Waals surface area contributed by atoms with Gasteiger partial charge in [0.05, 0.1) is 4.90 Å². The van der Waals surface area contributed by atoms with Crippen LogP contribution in [0.3, 0.4) is 0 Å². The zero-order valence-corrected chi connectivity index (χ0v) is 13.1. The molecule has 3 N–H and O–H groups in total. The highest BCUT2D eigenvalue weighted by Crippen LogP contribution is 2.24. The summed E-state index contributed by atoms with van der Waals surface area (Å²) in [6.07, 6.45) is 1.07. The Balaban J connectivity index is 2.16. The Bertz CT molecular complexity index is 584. The Kier molecular flexibility index (Phi) is 4.36. The minimum absolute atomic E-state index is 0.196. The molecule has 0 radical (unpaired) electrons. The van der Waals surface area contributed by atoms with E-state index >= 15 is 0 Å². The summed E-state index contributed by atoms with van der Waals surface area (Å²) in [6, 6.07) is 6.07. The van der Waals surface area contributed by atoms with Crippen molar-refractivity contribution in [3.8, 4) is 0 Å². The molecule has 1 unspecified atom stereocenters. The Labute approximate surface area is 121 Å². The van der Waals surface area contributed by atoms with Crippen molar-refractivity contribution in [2.75, 3.05) is 18.4 Å². The Morgan fingerprint density at radius 1 is 1.40 bits per heavy atom. The lowest BCUT2D eigenvalue weighted by Crippen LogP contribution is -2.31. The number of hydrogen-bond donors (Lipinski definition) is 2. The van der Waals surface area contributed by atoms with Gasteiger partial charge in [-0.05, 0) is 44.9 Å². The smallest absolute Gasteiger partial charge is 0.238 e. The van der Waals surface area contributed by atoms with Crippen molar-refractivity contribution in [1.82, 2.24) is 4.90 Å². The highest BCUT2D eigenvalue weighted by molar-refractivity contribution is 7.89. The molecule has 6 heteroatoms. The maximum Gasteiger partial charge on any atom is 0.238 e. The Morgan fingerprint density at radius 3 is 2.65 bits per heavy atom. The molecule has 1 atom stereocenters. The first kappa shape index (κ1) is 15.3. The SMILES string of the molecule is Cc1c(NC2CCN(C(C)C)C2)cccc1S(N)(=O)=O. The third-order valence-corrected chi connectivity index (χ3v) is 4.96. The second-order valence-corrected chi connectivity index (χ2v) is 7.22. The minimum atomic E-state index is -3.66. The number of nitrogens with one attached hydrogen (secondary N) is 1. The summed E-state index contributed by atoms with van der Waals surface area (Å²) in [7, 11) is -3.66. The van der Waals surface area contributed by atoms with Gasteiger partial charge in [0, 0.05) is 30.9 Å². The molecule has 112 valence electrons. The molecule has 2 rings (SSSR count). The van der Waals surface area contributed by atoms with Crippen LogP contribution in [0.15, 0.2) is 23.1 Å². The maximum atomic E-state index is 11.5. The molecule has 1 aliphatic rings. The molecular weight excluding hydrogens is 274 g/mol. The summed E-state index contributed by atoms with van der Waals surface area (Å²) >= 11 is 0. The molecule has 1 fully saturated rings. The van der Waals surface area contributed by atoms with Crippen LogP contribution < -0.4 is 10.5 Å². The number of likely N-dealkylation sites (tertiary alicyclic amines) is 1. The van der Waals surface area contributed by atoms with E-state index in [0.717, 1.165) is 25.2 Å². The van der Waals surface area contributed by atoms with E-state index in [-0.39, 0.29) is 4.90 Å². The second kappa shape index (κ2) is 5.71. The first-order valence-electron chi connectivity index (χ1n) is 6.92. The topological polar surface area (TPSA) is 75.4 Å². The van der Waals surface area contributed by atoms with Crippen LogP contribution >= 0.6 is 0 Å². The number of primary sulfonamides is 1. The normalized spacial score (nSPS) is 20.6. The predicted octanol–water partition coefficient (Wildman–Crippen LogP) is 1.54. The van der Waals surface area contributed by atoms with Gasteiger partial charge in [0.25, 0.3) is 0 Å². The minimum Gasteiger partial charge on any atom is -0.381 e. The van der Waals surface area contributed by atoms with E-state index in [1.807, 2.05) is 6.07 Å². The molecule has 1 aliphatic heterocycles. The van der Waals surface area contributed by atoms with Gasteiger partial charge in [-0.25, -0.2) is 13.6 Å². The molecule has 0 saturated carbocycles. The molecular formula is C14H23N3O2S. The van der Waals surface area contributed by atoms with Gasteiger partial charge in [-0.15, -0.1) is 0 Å². The lowest BCUT2D eigenvalue weighted by atomic mass is 10.1. The fourth-order valence-electron chi connectivity index (χ4n) is 2.67. The van der Waals surface area contributed by atoms with Gasteiger partial charge in [-0.3, -0.25) is 4.90 Å².